The van der Waals surface area contributed by atoms with Gasteiger partial charge in [0, 0.05) is 51.4 Å². The minimum Gasteiger partial charge on any atom is -0.324 e. The molecule has 0 aromatic carbocycles. The summed E-state index contributed by atoms with van der Waals surface area (Å²) in [4.78, 5) is 21.1. The summed E-state index contributed by atoms with van der Waals surface area (Å²) in [7, 11) is 0. The molecule has 1 saturated heterocycles. The molecule has 1 aliphatic rings. The van der Waals surface area contributed by atoms with E-state index in [2.05, 4.69) is 10.6 Å². The zero-order chi connectivity index (χ0) is 7.07. The van der Waals surface area contributed by atoms with Crippen LogP contribution in [0, 0.1) is 0 Å². The van der Waals surface area contributed by atoms with E-state index in [1.165, 1.54) is 0 Å². The van der Waals surface area contributed by atoms with Crippen LogP contribution in [0.25, 0.3) is 0 Å². The monoisotopic (exact) mass is 167 g/mol. The van der Waals surface area contributed by atoms with Crippen LogP contribution >= 0.6 is 0 Å². The van der Waals surface area contributed by atoms with E-state index >= 15 is 0 Å². The number of amides is 3. The minimum absolute atomic E-state index is 0. The zero-order valence-corrected chi connectivity index (χ0v) is 9.44. The second-order valence-corrected chi connectivity index (χ2v) is 2.53. The van der Waals surface area contributed by atoms with E-state index in [1.807, 2.05) is 0 Å². The number of carbonyl (C=O) groups is 2. The fourth-order valence-electron chi connectivity index (χ4n) is 0.631. The molecule has 0 saturated carbocycles. The van der Waals surface area contributed by atoms with Crippen LogP contribution in [-0.2, 0) is 4.79 Å². The van der Waals surface area contributed by atoms with E-state index in [0.29, 0.717) is 0 Å². The Morgan fingerprint density at radius 2 is 1.80 bits per heavy atom. The first-order chi connectivity index (χ1) is 4.02. The molecule has 1 fully saturated rings. The number of rotatable bonds is 0. The van der Waals surface area contributed by atoms with Gasteiger partial charge in [-0.25, -0.2) is 4.79 Å². The SMILES string of the molecule is CC1(C)NC(=O)NC1=O.[K]. The summed E-state index contributed by atoms with van der Waals surface area (Å²) in [6, 6.07) is -0.412. The maximum absolute atomic E-state index is 10.7. The van der Waals surface area contributed by atoms with Crippen LogP contribution in [0.3, 0.4) is 0 Å². The molecule has 0 aromatic heterocycles. The van der Waals surface area contributed by atoms with Gasteiger partial charge in [-0.15, -0.1) is 0 Å². The van der Waals surface area contributed by atoms with Gasteiger partial charge in [-0.3, -0.25) is 10.1 Å². The fraction of sp³-hybridized carbons (Fsp3) is 0.600. The summed E-state index contributed by atoms with van der Waals surface area (Å²) in [6.45, 7) is 3.29. The van der Waals surface area contributed by atoms with E-state index in [1.54, 1.807) is 13.8 Å². The average Bonchev–Trinajstić information content (AvgIpc) is 1.79. The van der Waals surface area contributed by atoms with Crippen molar-refractivity contribution in [3.63, 3.8) is 0 Å². The van der Waals surface area contributed by atoms with E-state index in [9.17, 15) is 9.59 Å². The third-order valence-corrected chi connectivity index (χ3v) is 1.22. The van der Waals surface area contributed by atoms with Gasteiger partial charge in [0.1, 0.15) is 5.54 Å². The number of nitrogens with one attached hydrogen (secondary N) is 2. The van der Waals surface area contributed by atoms with Crippen molar-refractivity contribution in [2.45, 2.75) is 19.4 Å². The maximum Gasteiger partial charge on any atom is 0.322 e. The van der Waals surface area contributed by atoms with Gasteiger partial charge in [-0.05, 0) is 13.8 Å². The van der Waals surface area contributed by atoms with Crippen molar-refractivity contribution in [3.05, 3.63) is 0 Å². The quantitative estimate of drug-likeness (QED) is 0.367. The van der Waals surface area contributed by atoms with Gasteiger partial charge in [0.05, 0.1) is 0 Å². The number of hydrogen-bond donors (Lipinski definition) is 2. The Bertz CT molecular complexity index is 178. The summed E-state index contributed by atoms with van der Waals surface area (Å²) >= 11 is 0. The first-order valence-electron chi connectivity index (χ1n) is 2.66. The Hall–Kier alpha value is 0.576. The predicted molar refractivity (Wildman–Crippen MR) is 36.5 cm³/mol. The largest absolute Gasteiger partial charge is 0.324 e. The normalized spacial score (nSPS) is 21.0. The molecule has 1 heterocycles. The molecule has 0 unspecified atom stereocenters. The van der Waals surface area contributed by atoms with Crippen LogP contribution in [0.1, 0.15) is 13.8 Å². The molecule has 0 bridgehead atoms. The number of carbonyl (C=O) groups excluding carboxylic acids is 2. The van der Waals surface area contributed by atoms with E-state index in [0.717, 1.165) is 0 Å². The van der Waals surface area contributed by atoms with Crippen LogP contribution < -0.4 is 10.6 Å². The minimum atomic E-state index is -0.725. The topological polar surface area (TPSA) is 58.2 Å². The summed E-state index contributed by atoms with van der Waals surface area (Å²) in [6.07, 6.45) is 0. The molecule has 3 amide bonds. The standard InChI is InChI=1S/C5H8N2O2.K/c1-5(2)3(8)6-4(9)7-5;/h1-2H3,(H2,6,7,8,9);. The van der Waals surface area contributed by atoms with Crippen molar-refractivity contribution in [1.82, 2.24) is 10.6 Å². The van der Waals surface area contributed by atoms with E-state index < -0.39 is 11.6 Å². The van der Waals surface area contributed by atoms with Crippen molar-refractivity contribution in [3.8, 4) is 0 Å². The Morgan fingerprint density at radius 1 is 1.30 bits per heavy atom. The van der Waals surface area contributed by atoms with Crippen LogP contribution in [0.15, 0.2) is 0 Å². The molecule has 4 nitrogen and oxygen atoms in total. The van der Waals surface area contributed by atoms with Crippen molar-refractivity contribution < 1.29 is 9.59 Å². The van der Waals surface area contributed by atoms with E-state index in [-0.39, 0.29) is 57.3 Å². The van der Waals surface area contributed by atoms with Crippen molar-refractivity contribution >= 4 is 63.3 Å². The molecular formula is C5H8KN2O2. The van der Waals surface area contributed by atoms with Crippen LogP contribution in [-0.4, -0.2) is 68.9 Å². The molecule has 2 N–H and O–H groups in total. The fourth-order valence-corrected chi connectivity index (χ4v) is 0.631. The third-order valence-electron chi connectivity index (χ3n) is 1.22. The summed E-state index contributed by atoms with van der Waals surface area (Å²) < 4.78 is 0. The van der Waals surface area contributed by atoms with E-state index in [4.69, 9.17) is 0 Å². The molecule has 0 spiro atoms. The smallest absolute Gasteiger partial charge is 0.322 e. The molecule has 0 atom stereocenters. The zero-order valence-electron chi connectivity index (χ0n) is 6.32. The molecule has 1 rings (SSSR count). The molecule has 5 heteroatoms. The second-order valence-electron chi connectivity index (χ2n) is 2.53. The predicted octanol–water partition coefficient (Wildman–Crippen LogP) is -0.776. The summed E-state index contributed by atoms with van der Waals surface area (Å²) in [5, 5.41) is 4.56. The van der Waals surface area contributed by atoms with Crippen molar-refractivity contribution in [2.75, 3.05) is 0 Å². The molecule has 1 aliphatic heterocycles. The average molecular weight is 167 g/mol. The Morgan fingerprint density at radius 3 is 1.90 bits per heavy atom. The van der Waals surface area contributed by atoms with Crippen molar-refractivity contribution in [1.29, 1.82) is 0 Å². The number of urea groups is 1. The van der Waals surface area contributed by atoms with Gasteiger partial charge >= 0.3 is 6.03 Å². The molecule has 51 valence electrons. The Kier molecular flexibility index (Phi) is 3.51. The molecule has 1 radical (unpaired) electrons. The first-order valence-corrected chi connectivity index (χ1v) is 2.66. The van der Waals surface area contributed by atoms with Gasteiger partial charge in [-0.1, -0.05) is 0 Å². The molecule has 0 aromatic rings. The molecule has 0 aliphatic carbocycles. The van der Waals surface area contributed by atoms with Gasteiger partial charge in [0.15, 0.2) is 0 Å². The molecule has 10 heavy (non-hydrogen) atoms. The van der Waals surface area contributed by atoms with Crippen LogP contribution in [0.5, 0.6) is 0 Å². The Labute approximate surface area is 102 Å². The maximum atomic E-state index is 10.7. The van der Waals surface area contributed by atoms with Crippen molar-refractivity contribution in [2.24, 2.45) is 0 Å². The van der Waals surface area contributed by atoms with Crippen LogP contribution in [0.2, 0.25) is 0 Å². The van der Waals surface area contributed by atoms with Crippen LogP contribution in [0.4, 0.5) is 4.79 Å². The van der Waals surface area contributed by atoms with Gasteiger partial charge in [0.25, 0.3) is 5.91 Å². The summed E-state index contributed by atoms with van der Waals surface area (Å²) in [5.74, 6) is -0.271. The third kappa shape index (κ3) is 2.03. The summed E-state index contributed by atoms with van der Waals surface area (Å²) in [5.41, 5.74) is -0.725. The Balaban J connectivity index is 0.000000810. The van der Waals surface area contributed by atoms with Gasteiger partial charge in [0.2, 0.25) is 0 Å². The van der Waals surface area contributed by atoms with Gasteiger partial charge < -0.3 is 5.32 Å². The van der Waals surface area contributed by atoms with Gasteiger partial charge in [-0.2, -0.15) is 0 Å². The second kappa shape index (κ2) is 3.32. The molecular weight excluding hydrogens is 159 g/mol. The number of hydrogen-bond acceptors (Lipinski definition) is 2. The number of imide groups is 1. The first kappa shape index (κ1) is 10.6.